The molecule has 7 heteroatoms. The molecule has 0 bridgehead atoms. The van der Waals surface area contributed by atoms with E-state index < -0.39 is 0 Å². The molecule has 6 nitrogen and oxygen atoms in total. The smallest absolute Gasteiger partial charge is 0.336 e. The highest BCUT2D eigenvalue weighted by Crippen LogP contribution is 2.31. The van der Waals surface area contributed by atoms with Crippen molar-refractivity contribution in [3.8, 4) is 17.1 Å². The van der Waals surface area contributed by atoms with Crippen molar-refractivity contribution in [1.29, 1.82) is 0 Å². The molecule has 31 heavy (non-hydrogen) atoms. The fourth-order valence-electron chi connectivity index (χ4n) is 3.46. The molecule has 3 heterocycles. The van der Waals surface area contributed by atoms with Gasteiger partial charge in [0.1, 0.15) is 5.58 Å². The standard InChI is InChI=1S/C24H18N4O2S/c1-16-7-8-20-18(14-22(29)30-21(20)13-16)15-31-24-27-26-23(17-9-11-25-12-10-17)28(24)19-5-3-2-4-6-19/h2-14H,15H2,1H3. The van der Waals surface area contributed by atoms with Crippen LogP contribution >= 0.6 is 11.8 Å². The number of nitrogens with zero attached hydrogens (tertiary/aromatic N) is 4. The Morgan fingerprint density at radius 2 is 1.77 bits per heavy atom. The summed E-state index contributed by atoms with van der Waals surface area (Å²) in [6, 6.07) is 21.3. The van der Waals surface area contributed by atoms with Crippen molar-refractivity contribution in [1.82, 2.24) is 19.7 Å². The van der Waals surface area contributed by atoms with Gasteiger partial charge in [0, 0.05) is 40.8 Å². The number of thioether (sulfide) groups is 1. The van der Waals surface area contributed by atoms with Gasteiger partial charge < -0.3 is 4.42 Å². The molecule has 0 unspecified atom stereocenters. The molecule has 0 fully saturated rings. The minimum atomic E-state index is -0.351. The number of hydrogen-bond acceptors (Lipinski definition) is 6. The average molecular weight is 427 g/mol. The number of aryl methyl sites for hydroxylation is 1. The molecule has 0 amide bonds. The molecule has 0 atom stereocenters. The Kier molecular flexibility index (Phi) is 5.09. The van der Waals surface area contributed by atoms with Gasteiger partial charge >= 0.3 is 5.63 Å². The first kappa shape index (κ1) is 19.3. The first-order valence-electron chi connectivity index (χ1n) is 9.76. The summed E-state index contributed by atoms with van der Waals surface area (Å²) in [5.41, 5.74) is 4.10. The van der Waals surface area contributed by atoms with Crippen LogP contribution < -0.4 is 5.63 Å². The van der Waals surface area contributed by atoms with Crippen LogP contribution in [0.5, 0.6) is 0 Å². The summed E-state index contributed by atoms with van der Waals surface area (Å²) < 4.78 is 7.41. The zero-order valence-corrected chi connectivity index (χ0v) is 17.5. The second kappa shape index (κ2) is 8.20. The largest absolute Gasteiger partial charge is 0.423 e. The van der Waals surface area contributed by atoms with E-state index in [0.29, 0.717) is 11.3 Å². The zero-order chi connectivity index (χ0) is 21.2. The van der Waals surface area contributed by atoms with Gasteiger partial charge in [0.05, 0.1) is 0 Å². The lowest BCUT2D eigenvalue weighted by Gasteiger charge is -2.11. The van der Waals surface area contributed by atoms with Gasteiger partial charge in [0.25, 0.3) is 0 Å². The molecule has 0 aliphatic carbocycles. The number of benzene rings is 2. The Bertz CT molecular complexity index is 1410. The third-order valence-electron chi connectivity index (χ3n) is 4.93. The lowest BCUT2D eigenvalue weighted by molar-refractivity contribution is 0.559. The Morgan fingerprint density at radius 1 is 0.968 bits per heavy atom. The molecule has 0 N–H and O–H groups in total. The maximum atomic E-state index is 12.1. The van der Waals surface area contributed by atoms with Gasteiger partial charge in [0.15, 0.2) is 11.0 Å². The Balaban J connectivity index is 1.56. The molecule has 0 radical (unpaired) electrons. The summed E-state index contributed by atoms with van der Waals surface area (Å²) in [6.45, 7) is 1.98. The first-order chi connectivity index (χ1) is 15.2. The SMILES string of the molecule is Cc1ccc2c(CSc3nnc(-c4ccncc4)n3-c3ccccc3)cc(=O)oc2c1. The van der Waals surface area contributed by atoms with Crippen LogP contribution in [0.3, 0.4) is 0 Å². The van der Waals surface area contributed by atoms with Crippen LogP contribution in [-0.2, 0) is 5.75 Å². The van der Waals surface area contributed by atoms with E-state index in [9.17, 15) is 4.79 Å². The molecule has 0 saturated heterocycles. The van der Waals surface area contributed by atoms with Crippen LogP contribution in [0.15, 0.2) is 93.5 Å². The van der Waals surface area contributed by atoms with E-state index >= 15 is 0 Å². The van der Waals surface area contributed by atoms with E-state index in [0.717, 1.165) is 38.7 Å². The van der Waals surface area contributed by atoms with Crippen LogP contribution in [0.1, 0.15) is 11.1 Å². The van der Waals surface area contributed by atoms with E-state index in [2.05, 4.69) is 15.2 Å². The maximum Gasteiger partial charge on any atom is 0.336 e. The van der Waals surface area contributed by atoms with Crippen molar-refractivity contribution in [2.24, 2.45) is 0 Å². The van der Waals surface area contributed by atoms with E-state index in [1.54, 1.807) is 18.5 Å². The van der Waals surface area contributed by atoms with Crippen LogP contribution in [0.25, 0.3) is 28.0 Å². The fourth-order valence-corrected chi connectivity index (χ4v) is 4.40. The first-order valence-corrected chi connectivity index (χ1v) is 10.7. The van der Waals surface area contributed by atoms with E-state index in [1.807, 2.05) is 72.2 Å². The predicted molar refractivity (Wildman–Crippen MR) is 121 cm³/mol. The number of fused-ring (bicyclic) bond motifs is 1. The van der Waals surface area contributed by atoms with E-state index in [-0.39, 0.29) is 5.63 Å². The van der Waals surface area contributed by atoms with Crippen LogP contribution in [0.4, 0.5) is 0 Å². The second-order valence-electron chi connectivity index (χ2n) is 7.09. The van der Waals surface area contributed by atoms with Crippen molar-refractivity contribution < 1.29 is 4.42 Å². The number of rotatable bonds is 5. The Hall–Kier alpha value is -3.71. The highest BCUT2D eigenvalue weighted by atomic mass is 32.2. The van der Waals surface area contributed by atoms with Crippen molar-refractivity contribution in [2.75, 3.05) is 0 Å². The topological polar surface area (TPSA) is 73.8 Å². The minimum Gasteiger partial charge on any atom is -0.423 e. The summed E-state index contributed by atoms with van der Waals surface area (Å²) in [5.74, 6) is 1.30. The van der Waals surface area contributed by atoms with Crippen molar-refractivity contribution in [2.45, 2.75) is 17.8 Å². The summed E-state index contributed by atoms with van der Waals surface area (Å²) in [4.78, 5) is 16.2. The zero-order valence-electron chi connectivity index (χ0n) is 16.7. The Morgan fingerprint density at radius 3 is 2.58 bits per heavy atom. The molecular formula is C24H18N4O2S. The van der Waals surface area contributed by atoms with Crippen molar-refractivity contribution in [3.05, 3.63) is 101 Å². The van der Waals surface area contributed by atoms with Gasteiger partial charge in [-0.15, -0.1) is 10.2 Å². The van der Waals surface area contributed by atoms with E-state index in [4.69, 9.17) is 4.42 Å². The van der Waals surface area contributed by atoms with E-state index in [1.165, 1.54) is 11.8 Å². The molecule has 2 aromatic carbocycles. The van der Waals surface area contributed by atoms with Gasteiger partial charge in [-0.05, 0) is 48.4 Å². The maximum absolute atomic E-state index is 12.1. The number of pyridine rings is 1. The van der Waals surface area contributed by atoms with Gasteiger partial charge in [-0.1, -0.05) is 42.1 Å². The van der Waals surface area contributed by atoms with Crippen molar-refractivity contribution >= 4 is 22.7 Å². The highest BCUT2D eigenvalue weighted by Gasteiger charge is 2.17. The molecule has 152 valence electrons. The summed E-state index contributed by atoms with van der Waals surface area (Å²) in [7, 11) is 0. The van der Waals surface area contributed by atoms with Crippen LogP contribution in [0, 0.1) is 6.92 Å². The lowest BCUT2D eigenvalue weighted by Crippen LogP contribution is -2.02. The molecule has 0 spiro atoms. The van der Waals surface area contributed by atoms with Crippen LogP contribution in [0.2, 0.25) is 0 Å². The monoisotopic (exact) mass is 426 g/mol. The minimum absolute atomic E-state index is 0.351. The van der Waals surface area contributed by atoms with Crippen LogP contribution in [-0.4, -0.2) is 19.7 Å². The molecule has 0 saturated carbocycles. The number of aromatic nitrogens is 4. The van der Waals surface area contributed by atoms with Gasteiger partial charge in [-0.3, -0.25) is 9.55 Å². The molecule has 0 aliphatic rings. The van der Waals surface area contributed by atoms with Gasteiger partial charge in [-0.2, -0.15) is 0 Å². The normalized spacial score (nSPS) is 11.1. The van der Waals surface area contributed by atoms with Gasteiger partial charge in [-0.25, -0.2) is 4.79 Å². The third-order valence-corrected chi connectivity index (χ3v) is 5.91. The van der Waals surface area contributed by atoms with Gasteiger partial charge in [0.2, 0.25) is 0 Å². The highest BCUT2D eigenvalue weighted by molar-refractivity contribution is 7.98. The molecular weight excluding hydrogens is 408 g/mol. The number of hydrogen-bond donors (Lipinski definition) is 0. The third kappa shape index (κ3) is 3.87. The average Bonchev–Trinajstić information content (AvgIpc) is 3.22. The molecule has 0 aliphatic heterocycles. The summed E-state index contributed by atoms with van der Waals surface area (Å²) in [6.07, 6.45) is 3.48. The summed E-state index contributed by atoms with van der Waals surface area (Å²) >= 11 is 1.53. The molecule has 5 rings (SSSR count). The lowest BCUT2D eigenvalue weighted by atomic mass is 10.1. The molecule has 3 aromatic heterocycles. The van der Waals surface area contributed by atoms with Crippen molar-refractivity contribution in [3.63, 3.8) is 0 Å². The molecule has 5 aromatic rings. The predicted octanol–water partition coefficient (Wildman–Crippen LogP) is 5.04. The quantitative estimate of drug-likeness (QED) is 0.290. The second-order valence-corrected chi connectivity index (χ2v) is 8.03. The fraction of sp³-hybridized carbons (Fsp3) is 0.0833. The summed E-state index contributed by atoms with van der Waals surface area (Å²) in [5, 5.41) is 10.6. The Labute approximate surface area is 182 Å². The number of para-hydroxylation sites is 1.